The summed E-state index contributed by atoms with van der Waals surface area (Å²) in [6.07, 6.45) is 3.72. The van der Waals surface area contributed by atoms with Crippen molar-refractivity contribution in [2.75, 3.05) is 32.5 Å². The Hall–Kier alpha value is -1.82. The predicted octanol–water partition coefficient (Wildman–Crippen LogP) is 1.51. The molecule has 6 nitrogen and oxygen atoms in total. The van der Waals surface area contributed by atoms with Gasteiger partial charge < -0.3 is 15.4 Å². The van der Waals surface area contributed by atoms with E-state index in [1.54, 1.807) is 7.11 Å². The lowest BCUT2D eigenvalue weighted by atomic mass is 10.3. The Morgan fingerprint density at radius 1 is 1.20 bits per heavy atom. The van der Waals surface area contributed by atoms with Crippen LogP contribution < -0.4 is 10.5 Å². The molecule has 0 unspecified atom stereocenters. The van der Waals surface area contributed by atoms with Crippen molar-refractivity contribution >= 4 is 17.1 Å². The van der Waals surface area contributed by atoms with Crippen LogP contribution in [0, 0.1) is 0 Å². The van der Waals surface area contributed by atoms with Crippen LogP contribution in [0.15, 0.2) is 12.1 Å². The number of likely N-dealkylation sites (tertiary alicyclic amines) is 1. The van der Waals surface area contributed by atoms with Crippen LogP contribution in [0.2, 0.25) is 0 Å². The van der Waals surface area contributed by atoms with Crippen LogP contribution in [0.3, 0.4) is 0 Å². The molecule has 1 aliphatic heterocycles. The first-order valence-electron chi connectivity index (χ1n) is 7.17. The second kappa shape index (κ2) is 5.66. The van der Waals surface area contributed by atoms with Crippen LogP contribution in [0.25, 0.3) is 11.2 Å². The molecule has 2 aromatic heterocycles. The number of aryl methyl sites for hydroxylation is 1. The van der Waals surface area contributed by atoms with Crippen molar-refractivity contribution in [1.29, 1.82) is 0 Å². The number of rotatable bonds is 5. The van der Waals surface area contributed by atoms with Crippen molar-refractivity contribution in [3.63, 3.8) is 0 Å². The number of nitrogen functional groups attached to an aromatic ring is 1. The van der Waals surface area contributed by atoms with E-state index >= 15 is 0 Å². The summed E-state index contributed by atoms with van der Waals surface area (Å²) in [5.41, 5.74) is 7.63. The van der Waals surface area contributed by atoms with Crippen LogP contribution in [0.5, 0.6) is 5.88 Å². The average molecular weight is 275 g/mol. The van der Waals surface area contributed by atoms with Crippen molar-refractivity contribution in [3.05, 3.63) is 12.1 Å². The smallest absolute Gasteiger partial charge is 0.215 e. The van der Waals surface area contributed by atoms with E-state index in [1.165, 1.54) is 25.9 Å². The van der Waals surface area contributed by atoms with Gasteiger partial charge in [-0.1, -0.05) is 0 Å². The first-order valence-corrected chi connectivity index (χ1v) is 7.17. The highest BCUT2D eigenvalue weighted by Crippen LogP contribution is 2.19. The highest BCUT2D eigenvalue weighted by Gasteiger charge is 2.13. The van der Waals surface area contributed by atoms with Gasteiger partial charge in [0.1, 0.15) is 5.52 Å². The van der Waals surface area contributed by atoms with Crippen LogP contribution in [-0.4, -0.2) is 46.2 Å². The number of fused-ring (bicyclic) bond motifs is 1. The van der Waals surface area contributed by atoms with Gasteiger partial charge in [0.05, 0.1) is 7.11 Å². The summed E-state index contributed by atoms with van der Waals surface area (Å²) in [4.78, 5) is 11.3. The maximum atomic E-state index is 6.00. The molecule has 2 N–H and O–H groups in total. The first kappa shape index (κ1) is 13.2. The number of anilines is 1. The van der Waals surface area contributed by atoms with Crippen molar-refractivity contribution in [1.82, 2.24) is 19.4 Å². The highest BCUT2D eigenvalue weighted by molar-refractivity contribution is 5.74. The molecule has 0 aliphatic carbocycles. The normalized spacial score (nSPS) is 16.1. The number of nitrogens with zero attached hydrogens (tertiary/aromatic N) is 4. The molecule has 108 valence electrons. The minimum Gasteiger partial charge on any atom is -0.481 e. The number of methoxy groups -OCH3 is 1. The third-order valence-electron chi connectivity index (χ3n) is 3.86. The van der Waals surface area contributed by atoms with E-state index in [1.807, 2.05) is 16.7 Å². The minimum atomic E-state index is 0.530. The molecule has 0 aromatic carbocycles. The van der Waals surface area contributed by atoms with E-state index in [4.69, 9.17) is 10.5 Å². The molecular weight excluding hydrogens is 254 g/mol. The van der Waals surface area contributed by atoms with E-state index in [-0.39, 0.29) is 0 Å². The molecule has 0 saturated carbocycles. The van der Waals surface area contributed by atoms with Gasteiger partial charge in [-0.15, -0.1) is 0 Å². The standard InChI is InChI=1S/C14H21N5O/c1-20-12-6-5-11-13(17-12)19(14(15)16-11)10-4-9-18-7-2-3-8-18/h5-6H,2-4,7-10H2,1H3,(H2,15,16). The molecule has 1 fully saturated rings. The van der Waals surface area contributed by atoms with Crippen LogP contribution in [0.4, 0.5) is 5.95 Å². The van der Waals surface area contributed by atoms with Gasteiger partial charge in [0, 0.05) is 12.6 Å². The van der Waals surface area contributed by atoms with Gasteiger partial charge in [-0.2, -0.15) is 4.98 Å². The fraction of sp³-hybridized carbons (Fsp3) is 0.571. The lowest BCUT2D eigenvalue weighted by Gasteiger charge is -2.14. The molecule has 6 heteroatoms. The quantitative estimate of drug-likeness (QED) is 0.895. The fourth-order valence-corrected chi connectivity index (χ4v) is 2.79. The minimum absolute atomic E-state index is 0.530. The van der Waals surface area contributed by atoms with Gasteiger partial charge in [0.25, 0.3) is 0 Å². The number of ether oxygens (including phenoxy) is 1. The number of hydrogen-bond acceptors (Lipinski definition) is 5. The largest absolute Gasteiger partial charge is 0.481 e. The van der Waals surface area contributed by atoms with Gasteiger partial charge in [0.2, 0.25) is 11.8 Å². The Morgan fingerprint density at radius 2 is 2.00 bits per heavy atom. The summed E-state index contributed by atoms with van der Waals surface area (Å²) in [5.74, 6) is 1.13. The summed E-state index contributed by atoms with van der Waals surface area (Å²) in [7, 11) is 1.62. The van der Waals surface area contributed by atoms with Crippen LogP contribution >= 0.6 is 0 Å². The summed E-state index contributed by atoms with van der Waals surface area (Å²) >= 11 is 0. The van der Waals surface area contributed by atoms with Gasteiger partial charge >= 0.3 is 0 Å². The van der Waals surface area contributed by atoms with Gasteiger partial charge in [-0.05, 0) is 45.0 Å². The zero-order valence-electron chi connectivity index (χ0n) is 11.9. The molecule has 3 heterocycles. The molecule has 20 heavy (non-hydrogen) atoms. The topological polar surface area (TPSA) is 69.2 Å². The zero-order valence-corrected chi connectivity index (χ0v) is 11.9. The number of pyridine rings is 1. The van der Waals surface area contributed by atoms with Crippen LogP contribution in [-0.2, 0) is 6.54 Å². The Labute approximate surface area is 118 Å². The predicted molar refractivity (Wildman–Crippen MR) is 78.8 cm³/mol. The van der Waals surface area contributed by atoms with E-state index in [2.05, 4.69) is 14.9 Å². The summed E-state index contributed by atoms with van der Waals surface area (Å²) < 4.78 is 7.15. The molecular formula is C14H21N5O. The molecule has 2 aromatic rings. The highest BCUT2D eigenvalue weighted by atomic mass is 16.5. The lowest BCUT2D eigenvalue weighted by Crippen LogP contribution is -2.21. The Kier molecular flexibility index (Phi) is 3.73. The monoisotopic (exact) mass is 275 g/mol. The van der Waals surface area contributed by atoms with E-state index < -0.39 is 0 Å². The van der Waals surface area contributed by atoms with Crippen molar-refractivity contribution < 1.29 is 4.74 Å². The number of nitrogens with two attached hydrogens (primary N) is 1. The molecule has 0 bridgehead atoms. The van der Waals surface area contributed by atoms with Crippen molar-refractivity contribution in [3.8, 4) is 5.88 Å². The number of imidazole rings is 1. The van der Waals surface area contributed by atoms with Crippen LogP contribution in [0.1, 0.15) is 19.3 Å². The molecule has 0 amide bonds. The lowest BCUT2D eigenvalue weighted by molar-refractivity contribution is 0.326. The van der Waals surface area contributed by atoms with Crippen molar-refractivity contribution in [2.45, 2.75) is 25.8 Å². The average Bonchev–Trinajstić information content (AvgIpc) is 3.07. The van der Waals surface area contributed by atoms with Gasteiger partial charge in [0.15, 0.2) is 5.65 Å². The summed E-state index contributed by atoms with van der Waals surface area (Å²) in [5, 5.41) is 0. The van der Waals surface area contributed by atoms with Gasteiger partial charge in [-0.3, -0.25) is 4.57 Å². The third kappa shape index (κ3) is 2.56. The summed E-state index contributed by atoms with van der Waals surface area (Å²) in [6.45, 7) is 4.42. The second-order valence-corrected chi connectivity index (χ2v) is 5.22. The maximum Gasteiger partial charge on any atom is 0.215 e. The Morgan fingerprint density at radius 3 is 2.75 bits per heavy atom. The number of aromatic nitrogens is 3. The molecule has 0 radical (unpaired) electrons. The Bertz CT molecular complexity index is 589. The third-order valence-corrected chi connectivity index (χ3v) is 3.86. The van der Waals surface area contributed by atoms with Gasteiger partial charge in [-0.25, -0.2) is 4.98 Å². The molecule has 1 aliphatic rings. The molecule has 1 saturated heterocycles. The Balaban J connectivity index is 1.73. The fourth-order valence-electron chi connectivity index (χ4n) is 2.79. The second-order valence-electron chi connectivity index (χ2n) is 5.22. The first-order chi connectivity index (χ1) is 9.78. The van der Waals surface area contributed by atoms with E-state index in [0.29, 0.717) is 11.8 Å². The number of hydrogen-bond donors (Lipinski definition) is 1. The van der Waals surface area contributed by atoms with Crippen molar-refractivity contribution in [2.24, 2.45) is 0 Å². The molecule has 0 spiro atoms. The van der Waals surface area contributed by atoms with E-state index in [0.717, 1.165) is 30.7 Å². The van der Waals surface area contributed by atoms with E-state index in [9.17, 15) is 0 Å². The zero-order chi connectivity index (χ0) is 13.9. The molecule has 0 atom stereocenters. The maximum absolute atomic E-state index is 6.00. The summed E-state index contributed by atoms with van der Waals surface area (Å²) in [6, 6.07) is 3.71. The molecule has 3 rings (SSSR count). The SMILES string of the molecule is COc1ccc2nc(N)n(CCCN3CCCC3)c2n1.